The molecule has 0 aliphatic rings. The molecular weight excluding hydrogens is 278 g/mol. The molecular formula is C14H18F2N4O. The highest BCUT2D eigenvalue weighted by Gasteiger charge is 2.20. The van der Waals surface area contributed by atoms with Gasteiger partial charge in [-0.1, -0.05) is 13.8 Å². The number of anilines is 1. The van der Waals surface area contributed by atoms with E-state index in [2.05, 4.69) is 0 Å². The van der Waals surface area contributed by atoms with E-state index >= 15 is 0 Å². The highest BCUT2D eigenvalue weighted by Crippen LogP contribution is 2.21. The number of benzene rings is 1. The fourth-order valence-electron chi connectivity index (χ4n) is 1.92. The Morgan fingerprint density at radius 2 is 2.00 bits per heavy atom. The molecule has 3 N–H and O–H groups in total. The molecule has 0 heterocycles. The van der Waals surface area contributed by atoms with E-state index in [-0.39, 0.29) is 24.4 Å². The molecule has 1 aromatic rings. The number of amides is 1. The minimum atomic E-state index is -0.939. The number of hydrogen-bond donors (Lipinski definition) is 2. The molecule has 21 heavy (non-hydrogen) atoms. The van der Waals surface area contributed by atoms with Crippen LogP contribution in [0, 0.1) is 28.9 Å². The normalized spacial score (nSPS) is 10.3. The summed E-state index contributed by atoms with van der Waals surface area (Å²) >= 11 is 0. The van der Waals surface area contributed by atoms with Gasteiger partial charge >= 0.3 is 0 Å². The molecule has 0 saturated heterocycles. The standard InChI is InChI=1S/C14H18F2N4O/c1-9(2)8-20(5-3-4-17)14(21)10-6-11(15)13(19-18)12(16)7-10/h6-7,9,19H,3,5,8,18H2,1-2H3. The van der Waals surface area contributed by atoms with Crippen molar-refractivity contribution in [1.29, 1.82) is 5.26 Å². The highest BCUT2D eigenvalue weighted by atomic mass is 19.1. The molecule has 0 aliphatic heterocycles. The van der Waals surface area contributed by atoms with Crippen LogP contribution in [-0.2, 0) is 0 Å². The summed E-state index contributed by atoms with van der Waals surface area (Å²) in [6.45, 7) is 4.44. The maximum absolute atomic E-state index is 13.6. The van der Waals surface area contributed by atoms with Crippen molar-refractivity contribution in [2.24, 2.45) is 11.8 Å². The molecule has 0 saturated carbocycles. The number of rotatable bonds is 6. The molecule has 0 atom stereocenters. The molecule has 1 rings (SSSR count). The molecule has 0 fully saturated rings. The largest absolute Gasteiger partial charge is 0.337 e. The lowest BCUT2D eigenvalue weighted by Gasteiger charge is -2.24. The van der Waals surface area contributed by atoms with Crippen LogP contribution in [0.5, 0.6) is 0 Å². The van der Waals surface area contributed by atoms with Crippen molar-refractivity contribution in [3.63, 3.8) is 0 Å². The second-order valence-electron chi connectivity index (χ2n) is 5.01. The van der Waals surface area contributed by atoms with Crippen LogP contribution in [-0.4, -0.2) is 23.9 Å². The van der Waals surface area contributed by atoms with Gasteiger partial charge in [0.15, 0.2) is 11.6 Å². The summed E-state index contributed by atoms with van der Waals surface area (Å²) in [7, 11) is 0. The summed E-state index contributed by atoms with van der Waals surface area (Å²) < 4.78 is 27.3. The number of carbonyl (C=O) groups excluding carboxylic acids is 1. The fourth-order valence-corrected chi connectivity index (χ4v) is 1.92. The van der Waals surface area contributed by atoms with Crippen LogP contribution in [0.25, 0.3) is 0 Å². The Kier molecular flexibility index (Phi) is 6.06. The van der Waals surface area contributed by atoms with Crippen molar-refractivity contribution in [2.45, 2.75) is 20.3 Å². The zero-order valence-electron chi connectivity index (χ0n) is 12.0. The third-order valence-corrected chi connectivity index (χ3v) is 2.80. The second kappa shape index (κ2) is 7.55. The minimum Gasteiger partial charge on any atom is -0.337 e. The lowest BCUT2D eigenvalue weighted by atomic mass is 10.1. The second-order valence-corrected chi connectivity index (χ2v) is 5.01. The maximum atomic E-state index is 13.6. The number of nitrogens with zero attached hydrogens (tertiary/aromatic N) is 2. The Hall–Kier alpha value is -2.20. The van der Waals surface area contributed by atoms with Crippen LogP contribution >= 0.6 is 0 Å². The molecule has 0 unspecified atom stereocenters. The van der Waals surface area contributed by atoms with Crippen LogP contribution in [0.15, 0.2) is 12.1 Å². The zero-order valence-corrected chi connectivity index (χ0v) is 12.0. The Balaban J connectivity index is 3.06. The van der Waals surface area contributed by atoms with Crippen LogP contribution in [0.2, 0.25) is 0 Å². The van der Waals surface area contributed by atoms with E-state index in [0.717, 1.165) is 12.1 Å². The van der Waals surface area contributed by atoms with E-state index in [1.807, 2.05) is 25.3 Å². The summed E-state index contributed by atoms with van der Waals surface area (Å²) in [5.74, 6) is 2.79. The molecule has 7 heteroatoms. The molecule has 5 nitrogen and oxygen atoms in total. The van der Waals surface area contributed by atoms with E-state index in [9.17, 15) is 13.6 Å². The highest BCUT2D eigenvalue weighted by molar-refractivity contribution is 5.94. The first-order valence-electron chi connectivity index (χ1n) is 6.52. The van der Waals surface area contributed by atoms with Crippen molar-refractivity contribution >= 4 is 11.6 Å². The molecule has 0 aromatic heterocycles. The van der Waals surface area contributed by atoms with E-state index in [4.69, 9.17) is 11.1 Å². The molecule has 0 spiro atoms. The van der Waals surface area contributed by atoms with Gasteiger partial charge in [-0.3, -0.25) is 10.6 Å². The predicted octanol–water partition coefficient (Wildman–Crippen LogP) is 2.26. The number of nitrogens with one attached hydrogen (secondary N) is 1. The van der Waals surface area contributed by atoms with E-state index in [1.54, 1.807) is 0 Å². The molecule has 0 aliphatic carbocycles. The number of carbonyl (C=O) groups is 1. The summed E-state index contributed by atoms with van der Waals surface area (Å²) in [4.78, 5) is 13.7. The summed E-state index contributed by atoms with van der Waals surface area (Å²) in [5.41, 5.74) is 1.31. The average Bonchev–Trinajstić information content (AvgIpc) is 2.41. The monoisotopic (exact) mass is 296 g/mol. The number of nitrogen functional groups attached to an aromatic ring is 1. The summed E-state index contributed by atoms with van der Waals surface area (Å²) in [6, 6.07) is 3.81. The molecule has 0 bridgehead atoms. The van der Waals surface area contributed by atoms with Gasteiger partial charge in [0.2, 0.25) is 0 Å². The first-order chi connectivity index (χ1) is 9.90. The van der Waals surface area contributed by atoms with Gasteiger partial charge in [0, 0.05) is 18.7 Å². The quantitative estimate of drug-likeness (QED) is 0.623. The molecule has 1 aromatic carbocycles. The van der Waals surface area contributed by atoms with Gasteiger partial charge in [-0.15, -0.1) is 0 Å². The van der Waals surface area contributed by atoms with Crippen LogP contribution in [0.1, 0.15) is 30.6 Å². The van der Waals surface area contributed by atoms with Gasteiger partial charge in [-0.2, -0.15) is 5.26 Å². The van der Waals surface area contributed by atoms with Gasteiger partial charge in [0.25, 0.3) is 5.91 Å². The van der Waals surface area contributed by atoms with Crippen molar-refractivity contribution < 1.29 is 13.6 Å². The van der Waals surface area contributed by atoms with Gasteiger partial charge in [0.1, 0.15) is 5.69 Å². The van der Waals surface area contributed by atoms with Gasteiger partial charge in [-0.25, -0.2) is 8.78 Å². The third kappa shape index (κ3) is 4.39. The fraction of sp³-hybridized carbons (Fsp3) is 0.429. The maximum Gasteiger partial charge on any atom is 0.254 e. The van der Waals surface area contributed by atoms with E-state index < -0.39 is 23.2 Å². The Morgan fingerprint density at radius 1 is 1.43 bits per heavy atom. The topological polar surface area (TPSA) is 82.2 Å². The van der Waals surface area contributed by atoms with Crippen molar-refractivity contribution in [2.75, 3.05) is 18.5 Å². The smallest absolute Gasteiger partial charge is 0.254 e. The van der Waals surface area contributed by atoms with Crippen LogP contribution in [0.3, 0.4) is 0 Å². The Labute approximate surface area is 122 Å². The zero-order chi connectivity index (χ0) is 16.0. The molecule has 1 amide bonds. The molecule has 0 radical (unpaired) electrons. The summed E-state index contributed by atoms with van der Waals surface area (Å²) in [5, 5.41) is 8.63. The van der Waals surface area contributed by atoms with Gasteiger partial charge in [-0.05, 0) is 18.1 Å². The first-order valence-corrected chi connectivity index (χ1v) is 6.52. The van der Waals surface area contributed by atoms with Gasteiger partial charge in [0.05, 0.1) is 12.5 Å². The van der Waals surface area contributed by atoms with Crippen molar-refractivity contribution in [3.8, 4) is 6.07 Å². The predicted molar refractivity (Wildman–Crippen MR) is 75.1 cm³/mol. The van der Waals surface area contributed by atoms with Crippen molar-refractivity contribution in [3.05, 3.63) is 29.3 Å². The SMILES string of the molecule is CC(C)CN(CCC#N)C(=O)c1cc(F)c(NN)c(F)c1. The number of nitriles is 1. The lowest BCUT2D eigenvalue weighted by Crippen LogP contribution is -2.35. The number of nitrogens with two attached hydrogens (primary N) is 1. The lowest BCUT2D eigenvalue weighted by molar-refractivity contribution is 0.0739. The number of hydrogen-bond acceptors (Lipinski definition) is 4. The summed E-state index contributed by atoms with van der Waals surface area (Å²) in [6.07, 6.45) is 0.159. The first kappa shape index (κ1) is 16.9. The number of halogens is 2. The molecule has 114 valence electrons. The van der Waals surface area contributed by atoms with E-state index in [0.29, 0.717) is 6.54 Å². The Morgan fingerprint density at radius 3 is 2.43 bits per heavy atom. The van der Waals surface area contributed by atoms with E-state index in [1.165, 1.54) is 4.90 Å². The minimum absolute atomic E-state index is 0.109. The average molecular weight is 296 g/mol. The third-order valence-electron chi connectivity index (χ3n) is 2.80. The number of hydrazine groups is 1. The Bertz CT molecular complexity index is 531. The van der Waals surface area contributed by atoms with Crippen molar-refractivity contribution in [1.82, 2.24) is 4.90 Å². The van der Waals surface area contributed by atoms with Gasteiger partial charge < -0.3 is 10.3 Å². The van der Waals surface area contributed by atoms with Crippen LogP contribution in [0.4, 0.5) is 14.5 Å². The van der Waals surface area contributed by atoms with Crippen LogP contribution < -0.4 is 11.3 Å².